The first kappa shape index (κ1) is 14.1. The number of hydrogen-bond acceptors (Lipinski definition) is 3. The van der Waals surface area contributed by atoms with Crippen molar-refractivity contribution in [1.82, 2.24) is 5.32 Å². The fourth-order valence-electron chi connectivity index (χ4n) is 2.42. The molecule has 108 valence electrons. The quantitative estimate of drug-likeness (QED) is 0.733. The third-order valence-corrected chi connectivity index (χ3v) is 4.75. The van der Waals surface area contributed by atoms with E-state index in [9.17, 15) is 0 Å². The van der Waals surface area contributed by atoms with E-state index in [1.165, 1.54) is 21.2 Å². The molecule has 0 radical (unpaired) electrons. The van der Waals surface area contributed by atoms with Crippen LogP contribution in [0.5, 0.6) is 5.75 Å². The van der Waals surface area contributed by atoms with Crippen LogP contribution in [-0.2, 0) is 6.54 Å². The minimum atomic E-state index is 0.386. The molecule has 0 saturated heterocycles. The van der Waals surface area contributed by atoms with Crippen LogP contribution in [0.25, 0.3) is 10.8 Å². The smallest absolute Gasteiger partial charge is 0.119 e. The van der Waals surface area contributed by atoms with Gasteiger partial charge in [0.2, 0.25) is 0 Å². The molecule has 3 heteroatoms. The molecule has 1 atom stereocenters. The van der Waals surface area contributed by atoms with Crippen molar-refractivity contribution < 1.29 is 4.74 Å². The highest BCUT2D eigenvalue weighted by atomic mass is 32.1. The zero-order chi connectivity index (χ0) is 14.7. The van der Waals surface area contributed by atoms with Crippen LogP contribution < -0.4 is 10.1 Å². The van der Waals surface area contributed by atoms with E-state index in [2.05, 4.69) is 60.1 Å². The van der Waals surface area contributed by atoms with E-state index < -0.39 is 0 Å². The van der Waals surface area contributed by atoms with Gasteiger partial charge < -0.3 is 10.1 Å². The van der Waals surface area contributed by atoms with Gasteiger partial charge in [-0.15, -0.1) is 11.3 Å². The Hall–Kier alpha value is -1.84. The number of fused-ring (bicyclic) bond motifs is 1. The molecule has 0 aliphatic heterocycles. The fraction of sp³-hybridized carbons (Fsp3) is 0.222. The average molecular weight is 297 g/mol. The lowest BCUT2D eigenvalue weighted by Gasteiger charge is -2.12. The summed E-state index contributed by atoms with van der Waals surface area (Å²) in [6, 6.07) is 17.4. The van der Waals surface area contributed by atoms with Gasteiger partial charge in [-0.1, -0.05) is 24.3 Å². The highest BCUT2D eigenvalue weighted by Gasteiger charge is 2.06. The fourth-order valence-corrected chi connectivity index (χ4v) is 3.18. The number of thiophene rings is 1. The van der Waals surface area contributed by atoms with Gasteiger partial charge in [0.1, 0.15) is 5.75 Å². The van der Waals surface area contributed by atoms with E-state index in [0.717, 1.165) is 12.3 Å². The predicted molar refractivity (Wildman–Crippen MR) is 90.1 cm³/mol. The molecule has 1 N–H and O–H groups in total. The monoisotopic (exact) mass is 297 g/mol. The van der Waals surface area contributed by atoms with Gasteiger partial charge in [0, 0.05) is 17.5 Å². The maximum atomic E-state index is 5.26. The van der Waals surface area contributed by atoms with Crippen LogP contribution in [0, 0.1) is 0 Å². The highest BCUT2D eigenvalue weighted by molar-refractivity contribution is 7.10. The zero-order valence-corrected chi connectivity index (χ0v) is 13.1. The molecule has 0 saturated carbocycles. The van der Waals surface area contributed by atoms with Crippen LogP contribution in [0.4, 0.5) is 0 Å². The number of benzene rings is 2. The van der Waals surface area contributed by atoms with Gasteiger partial charge in [-0.2, -0.15) is 0 Å². The van der Waals surface area contributed by atoms with Gasteiger partial charge in [0.05, 0.1) is 7.11 Å². The minimum Gasteiger partial charge on any atom is -0.497 e. The summed E-state index contributed by atoms with van der Waals surface area (Å²) in [7, 11) is 1.70. The second kappa shape index (κ2) is 6.29. The molecule has 0 aliphatic rings. The molecular weight excluding hydrogens is 278 g/mol. The van der Waals surface area contributed by atoms with Crippen molar-refractivity contribution in [1.29, 1.82) is 0 Å². The van der Waals surface area contributed by atoms with Gasteiger partial charge >= 0.3 is 0 Å². The predicted octanol–water partition coefficient (Wildman–Crippen LogP) is 4.76. The van der Waals surface area contributed by atoms with Crippen LogP contribution >= 0.6 is 11.3 Å². The number of nitrogens with one attached hydrogen (secondary N) is 1. The molecule has 21 heavy (non-hydrogen) atoms. The Morgan fingerprint density at radius 2 is 1.90 bits per heavy atom. The van der Waals surface area contributed by atoms with Crippen LogP contribution in [0.2, 0.25) is 0 Å². The summed E-state index contributed by atoms with van der Waals surface area (Å²) in [6.07, 6.45) is 0. The lowest BCUT2D eigenvalue weighted by Crippen LogP contribution is -2.17. The summed E-state index contributed by atoms with van der Waals surface area (Å²) < 4.78 is 5.26. The summed E-state index contributed by atoms with van der Waals surface area (Å²) in [6.45, 7) is 3.08. The zero-order valence-electron chi connectivity index (χ0n) is 12.3. The number of methoxy groups -OCH3 is 1. The van der Waals surface area contributed by atoms with Gasteiger partial charge in [-0.3, -0.25) is 0 Å². The highest BCUT2D eigenvalue weighted by Crippen LogP contribution is 2.23. The molecule has 1 aromatic heterocycles. The second-order valence-electron chi connectivity index (χ2n) is 5.17. The topological polar surface area (TPSA) is 21.3 Å². The van der Waals surface area contributed by atoms with E-state index in [1.807, 2.05) is 6.07 Å². The summed E-state index contributed by atoms with van der Waals surface area (Å²) in [4.78, 5) is 1.38. The van der Waals surface area contributed by atoms with E-state index in [1.54, 1.807) is 18.4 Å². The Labute approximate surface area is 129 Å². The molecule has 2 aromatic carbocycles. The molecule has 0 aliphatic carbocycles. The molecule has 0 spiro atoms. The Bertz CT molecular complexity index is 721. The van der Waals surface area contributed by atoms with Crippen LogP contribution in [0.1, 0.15) is 23.4 Å². The third-order valence-electron chi connectivity index (χ3n) is 3.69. The van der Waals surface area contributed by atoms with Gasteiger partial charge in [0.25, 0.3) is 0 Å². The minimum absolute atomic E-state index is 0.386. The molecule has 2 nitrogen and oxygen atoms in total. The molecule has 0 fully saturated rings. The first-order valence-corrected chi connectivity index (χ1v) is 7.98. The van der Waals surface area contributed by atoms with Gasteiger partial charge in [0.15, 0.2) is 0 Å². The van der Waals surface area contributed by atoms with Crippen molar-refractivity contribution >= 4 is 22.1 Å². The maximum Gasteiger partial charge on any atom is 0.119 e. The SMILES string of the molecule is COc1ccc2cc(CNC(C)c3cccs3)ccc2c1. The van der Waals surface area contributed by atoms with E-state index in [-0.39, 0.29) is 0 Å². The largest absolute Gasteiger partial charge is 0.497 e. The maximum absolute atomic E-state index is 5.26. The molecule has 3 rings (SSSR count). The number of hydrogen-bond donors (Lipinski definition) is 1. The number of ether oxygens (including phenoxy) is 1. The van der Waals surface area contributed by atoms with Crippen LogP contribution in [0.3, 0.4) is 0 Å². The average Bonchev–Trinajstić information content (AvgIpc) is 3.06. The number of rotatable bonds is 5. The Balaban J connectivity index is 1.72. The lowest BCUT2D eigenvalue weighted by molar-refractivity contribution is 0.415. The first-order chi connectivity index (χ1) is 10.3. The third kappa shape index (κ3) is 3.26. The van der Waals surface area contributed by atoms with Crippen molar-refractivity contribution in [3.8, 4) is 5.75 Å². The molecule has 1 heterocycles. The molecule has 1 unspecified atom stereocenters. The molecule has 0 bridgehead atoms. The molecule has 0 amide bonds. The standard InChI is InChI=1S/C18H19NOS/c1-13(18-4-3-9-21-18)19-12-14-5-6-16-11-17(20-2)8-7-15(16)10-14/h3-11,13,19H,12H2,1-2H3. The Kier molecular flexibility index (Phi) is 4.23. The molecule has 3 aromatic rings. The van der Waals surface area contributed by atoms with Crippen molar-refractivity contribution in [2.75, 3.05) is 7.11 Å². The summed E-state index contributed by atoms with van der Waals surface area (Å²) in [5, 5.41) is 8.16. The van der Waals surface area contributed by atoms with E-state index in [4.69, 9.17) is 4.74 Å². The Morgan fingerprint density at radius 1 is 1.10 bits per heavy atom. The second-order valence-corrected chi connectivity index (χ2v) is 6.14. The van der Waals surface area contributed by atoms with Crippen molar-refractivity contribution in [2.45, 2.75) is 19.5 Å². The lowest BCUT2D eigenvalue weighted by atomic mass is 10.1. The van der Waals surface area contributed by atoms with Crippen LogP contribution in [-0.4, -0.2) is 7.11 Å². The molecular formula is C18H19NOS. The van der Waals surface area contributed by atoms with Crippen molar-refractivity contribution in [2.24, 2.45) is 0 Å². The normalized spacial score (nSPS) is 12.5. The summed E-state index contributed by atoms with van der Waals surface area (Å²) >= 11 is 1.80. The Morgan fingerprint density at radius 3 is 2.67 bits per heavy atom. The van der Waals surface area contributed by atoms with Gasteiger partial charge in [-0.05, 0) is 52.9 Å². The first-order valence-electron chi connectivity index (χ1n) is 7.10. The van der Waals surface area contributed by atoms with E-state index >= 15 is 0 Å². The van der Waals surface area contributed by atoms with E-state index in [0.29, 0.717) is 6.04 Å². The summed E-state index contributed by atoms with van der Waals surface area (Å²) in [5.41, 5.74) is 1.30. The van der Waals surface area contributed by atoms with Gasteiger partial charge in [-0.25, -0.2) is 0 Å². The van der Waals surface area contributed by atoms with Crippen LogP contribution in [0.15, 0.2) is 53.9 Å². The summed E-state index contributed by atoms with van der Waals surface area (Å²) in [5.74, 6) is 0.902. The van der Waals surface area contributed by atoms with Crippen molar-refractivity contribution in [3.63, 3.8) is 0 Å². The van der Waals surface area contributed by atoms with Crippen molar-refractivity contribution in [3.05, 3.63) is 64.4 Å².